The van der Waals surface area contributed by atoms with Crippen LogP contribution in [-0.2, 0) is 13.2 Å². The zero-order chi connectivity index (χ0) is 19.9. The summed E-state index contributed by atoms with van der Waals surface area (Å²) in [5, 5.41) is 4.36. The van der Waals surface area contributed by atoms with Gasteiger partial charge in [-0.05, 0) is 61.4 Å². The van der Waals surface area contributed by atoms with Crippen molar-refractivity contribution in [3.05, 3.63) is 87.4 Å². The van der Waals surface area contributed by atoms with Crippen molar-refractivity contribution in [1.82, 2.24) is 0 Å². The van der Waals surface area contributed by atoms with Crippen LogP contribution >= 0.6 is 23.2 Å². The summed E-state index contributed by atoms with van der Waals surface area (Å²) in [6.45, 7) is 5.70. The predicted octanol–water partition coefficient (Wildman–Crippen LogP) is 6.89. The molecule has 0 amide bonds. The first-order valence-corrected chi connectivity index (χ1v) is 9.93. The molecule has 1 N–H and O–H groups in total. The summed E-state index contributed by atoms with van der Waals surface area (Å²) in [4.78, 5) is 0. The molecular weight excluding hydrogens is 393 g/mol. The van der Waals surface area contributed by atoms with Crippen LogP contribution in [0.5, 0.6) is 11.5 Å². The number of hydrogen-bond acceptors (Lipinski definition) is 3. The maximum Gasteiger partial charge on any atom is 0.156 e. The van der Waals surface area contributed by atoms with E-state index in [1.54, 1.807) is 0 Å². The molecule has 0 aliphatic heterocycles. The van der Waals surface area contributed by atoms with Crippen LogP contribution in [0, 0.1) is 6.92 Å². The van der Waals surface area contributed by atoms with Crippen molar-refractivity contribution < 1.29 is 9.47 Å². The van der Waals surface area contributed by atoms with Gasteiger partial charge in [-0.3, -0.25) is 0 Å². The van der Waals surface area contributed by atoms with Gasteiger partial charge in [0.25, 0.3) is 0 Å². The third-order valence-corrected chi connectivity index (χ3v) is 4.79. The van der Waals surface area contributed by atoms with Gasteiger partial charge in [-0.15, -0.1) is 0 Å². The molecule has 0 saturated heterocycles. The first-order chi connectivity index (χ1) is 13.5. The van der Waals surface area contributed by atoms with Crippen LogP contribution in [0.15, 0.2) is 60.7 Å². The Hall–Kier alpha value is -2.36. The number of halogens is 2. The van der Waals surface area contributed by atoms with Crippen molar-refractivity contribution in [2.45, 2.75) is 27.0 Å². The standard InChI is InChI=1S/C23H23Cl2NO2/c1-3-27-20-10-8-19(9-11-20)26-14-18-12-21(24)23(22(25)13-18)28-15-17-6-4-16(2)5-7-17/h4-13,26H,3,14-15H2,1-2H3. The molecular formula is C23H23Cl2NO2. The number of aryl methyl sites for hydroxylation is 1. The third kappa shape index (κ3) is 5.57. The van der Waals surface area contributed by atoms with E-state index in [0.717, 1.165) is 22.6 Å². The fourth-order valence-corrected chi connectivity index (χ4v) is 3.37. The monoisotopic (exact) mass is 415 g/mol. The van der Waals surface area contributed by atoms with Crippen LogP contribution in [0.2, 0.25) is 10.0 Å². The minimum absolute atomic E-state index is 0.420. The van der Waals surface area contributed by atoms with E-state index >= 15 is 0 Å². The van der Waals surface area contributed by atoms with Crippen LogP contribution in [-0.4, -0.2) is 6.61 Å². The van der Waals surface area contributed by atoms with Gasteiger partial charge in [-0.1, -0.05) is 53.0 Å². The molecule has 0 aromatic heterocycles. The largest absolute Gasteiger partial charge is 0.494 e. The van der Waals surface area contributed by atoms with Crippen molar-refractivity contribution in [3.8, 4) is 11.5 Å². The maximum atomic E-state index is 6.41. The van der Waals surface area contributed by atoms with Gasteiger partial charge in [-0.25, -0.2) is 0 Å². The Labute approximate surface area is 176 Å². The Balaban J connectivity index is 1.61. The van der Waals surface area contributed by atoms with Gasteiger partial charge in [0.15, 0.2) is 5.75 Å². The summed E-state index contributed by atoms with van der Waals surface area (Å²) in [6, 6.07) is 19.8. The van der Waals surface area contributed by atoms with Gasteiger partial charge >= 0.3 is 0 Å². The molecule has 0 radical (unpaired) electrons. The lowest BCUT2D eigenvalue weighted by Gasteiger charge is -2.13. The number of rotatable bonds is 8. The minimum atomic E-state index is 0.420. The molecule has 0 bridgehead atoms. The molecule has 0 aliphatic carbocycles. The molecule has 0 fully saturated rings. The molecule has 0 saturated carbocycles. The van der Waals surface area contributed by atoms with Gasteiger partial charge in [-0.2, -0.15) is 0 Å². The molecule has 0 unspecified atom stereocenters. The van der Waals surface area contributed by atoms with Crippen molar-refractivity contribution in [2.75, 3.05) is 11.9 Å². The van der Waals surface area contributed by atoms with Crippen LogP contribution < -0.4 is 14.8 Å². The van der Waals surface area contributed by atoms with E-state index in [-0.39, 0.29) is 0 Å². The number of nitrogens with one attached hydrogen (secondary N) is 1. The number of anilines is 1. The van der Waals surface area contributed by atoms with E-state index in [0.29, 0.717) is 35.6 Å². The van der Waals surface area contributed by atoms with Crippen molar-refractivity contribution in [1.29, 1.82) is 0 Å². The molecule has 3 rings (SSSR count). The minimum Gasteiger partial charge on any atom is -0.494 e. The zero-order valence-corrected chi connectivity index (χ0v) is 17.5. The van der Waals surface area contributed by atoms with Gasteiger partial charge in [0.1, 0.15) is 12.4 Å². The average Bonchev–Trinajstić information content (AvgIpc) is 2.68. The Morgan fingerprint density at radius 3 is 2.07 bits per heavy atom. The molecule has 0 aliphatic rings. The Kier molecular flexibility index (Phi) is 7.07. The van der Waals surface area contributed by atoms with Crippen molar-refractivity contribution >= 4 is 28.9 Å². The van der Waals surface area contributed by atoms with Crippen LogP contribution in [0.1, 0.15) is 23.6 Å². The van der Waals surface area contributed by atoms with Crippen molar-refractivity contribution in [3.63, 3.8) is 0 Å². The number of hydrogen-bond donors (Lipinski definition) is 1. The average molecular weight is 416 g/mol. The molecule has 0 spiro atoms. The fraction of sp³-hybridized carbons (Fsp3) is 0.217. The van der Waals surface area contributed by atoms with Gasteiger partial charge < -0.3 is 14.8 Å². The lowest BCUT2D eigenvalue weighted by Crippen LogP contribution is -2.01. The second-order valence-electron chi connectivity index (χ2n) is 6.47. The summed E-state index contributed by atoms with van der Waals surface area (Å²) < 4.78 is 11.3. The highest BCUT2D eigenvalue weighted by molar-refractivity contribution is 6.37. The lowest BCUT2D eigenvalue weighted by molar-refractivity contribution is 0.306. The predicted molar refractivity (Wildman–Crippen MR) is 117 cm³/mol. The smallest absolute Gasteiger partial charge is 0.156 e. The van der Waals surface area contributed by atoms with E-state index in [9.17, 15) is 0 Å². The number of benzene rings is 3. The molecule has 0 atom stereocenters. The summed E-state index contributed by atoms with van der Waals surface area (Å²) >= 11 is 12.8. The fourth-order valence-electron chi connectivity index (χ4n) is 2.73. The highest BCUT2D eigenvalue weighted by Gasteiger charge is 2.10. The summed E-state index contributed by atoms with van der Waals surface area (Å²) in [5.74, 6) is 1.36. The van der Waals surface area contributed by atoms with E-state index in [4.69, 9.17) is 32.7 Å². The molecule has 3 aromatic rings. The highest BCUT2D eigenvalue weighted by atomic mass is 35.5. The van der Waals surface area contributed by atoms with Crippen LogP contribution in [0.25, 0.3) is 0 Å². The molecule has 3 aromatic carbocycles. The topological polar surface area (TPSA) is 30.5 Å². The molecule has 28 heavy (non-hydrogen) atoms. The summed E-state index contributed by atoms with van der Waals surface area (Å²) in [6.07, 6.45) is 0. The van der Waals surface area contributed by atoms with E-state index in [1.165, 1.54) is 5.56 Å². The first kappa shape index (κ1) is 20.4. The molecule has 5 heteroatoms. The van der Waals surface area contributed by atoms with Crippen molar-refractivity contribution in [2.24, 2.45) is 0 Å². The molecule has 0 heterocycles. The first-order valence-electron chi connectivity index (χ1n) is 9.18. The van der Waals surface area contributed by atoms with Crippen LogP contribution in [0.4, 0.5) is 5.69 Å². The third-order valence-electron chi connectivity index (χ3n) is 4.22. The second-order valence-corrected chi connectivity index (χ2v) is 7.29. The molecule has 3 nitrogen and oxygen atoms in total. The molecule has 146 valence electrons. The lowest BCUT2D eigenvalue weighted by atomic mass is 10.1. The van der Waals surface area contributed by atoms with Gasteiger partial charge in [0.05, 0.1) is 16.7 Å². The normalized spacial score (nSPS) is 10.6. The Morgan fingerprint density at radius 1 is 0.821 bits per heavy atom. The Morgan fingerprint density at radius 2 is 1.46 bits per heavy atom. The number of ether oxygens (including phenoxy) is 2. The quantitative estimate of drug-likeness (QED) is 0.434. The second kappa shape index (κ2) is 9.72. The zero-order valence-electron chi connectivity index (χ0n) is 16.0. The Bertz CT molecular complexity index is 886. The van der Waals surface area contributed by atoms with Gasteiger partial charge in [0, 0.05) is 12.2 Å². The summed E-state index contributed by atoms with van der Waals surface area (Å²) in [5.41, 5.74) is 4.25. The summed E-state index contributed by atoms with van der Waals surface area (Å²) in [7, 11) is 0. The SMILES string of the molecule is CCOc1ccc(NCc2cc(Cl)c(OCc3ccc(C)cc3)c(Cl)c2)cc1. The highest BCUT2D eigenvalue weighted by Crippen LogP contribution is 2.35. The van der Waals surface area contributed by atoms with Gasteiger partial charge in [0.2, 0.25) is 0 Å². The van der Waals surface area contributed by atoms with Crippen LogP contribution in [0.3, 0.4) is 0 Å². The van der Waals surface area contributed by atoms with E-state index in [1.807, 2.05) is 55.5 Å². The van der Waals surface area contributed by atoms with E-state index in [2.05, 4.69) is 24.4 Å². The maximum absolute atomic E-state index is 6.41. The van der Waals surface area contributed by atoms with E-state index < -0.39 is 0 Å².